The molecule has 0 saturated carbocycles. The number of anilines is 1. The topological polar surface area (TPSA) is 77.5 Å². The van der Waals surface area contributed by atoms with Crippen molar-refractivity contribution < 1.29 is 19.1 Å². The second-order valence-electron chi connectivity index (χ2n) is 5.63. The first-order valence-electron chi connectivity index (χ1n) is 8.30. The third-order valence-corrected chi connectivity index (χ3v) is 4.78. The maximum atomic E-state index is 12.2. The normalized spacial score (nSPS) is 16.6. The van der Waals surface area contributed by atoms with Crippen molar-refractivity contribution in [3.05, 3.63) is 35.2 Å². The zero-order valence-electron chi connectivity index (χ0n) is 14.0. The molecule has 1 aliphatic heterocycles. The van der Waals surface area contributed by atoms with Crippen LogP contribution in [0, 0.1) is 0 Å². The molecule has 0 aliphatic carbocycles. The highest BCUT2D eigenvalue weighted by Gasteiger charge is 2.25. The molecule has 6 nitrogen and oxygen atoms in total. The number of benzene rings is 1. The summed E-state index contributed by atoms with van der Waals surface area (Å²) in [7, 11) is 0. The minimum Gasteiger partial charge on any atom is -0.466 e. The number of hydrogen-bond donors (Lipinski definition) is 1. The van der Waals surface area contributed by atoms with Gasteiger partial charge >= 0.3 is 5.97 Å². The fourth-order valence-electron chi connectivity index (χ4n) is 2.66. The van der Waals surface area contributed by atoms with E-state index in [1.807, 2.05) is 30.3 Å². The van der Waals surface area contributed by atoms with Crippen molar-refractivity contribution in [2.45, 2.75) is 32.3 Å². The molecular formula is C18H20N2O4S. The molecule has 1 N–H and O–H groups in total. The molecule has 1 aliphatic rings. The van der Waals surface area contributed by atoms with Crippen LogP contribution in [0.2, 0.25) is 0 Å². The summed E-state index contributed by atoms with van der Waals surface area (Å²) in [6, 6.07) is 9.59. The van der Waals surface area contributed by atoms with Gasteiger partial charge in [-0.2, -0.15) is 0 Å². The summed E-state index contributed by atoms with van der Waals surface area (Å²) in [5, 5.41) is 3.28. The summed E-state index contributed by atoms with van der Waals surface area (Å²) >= 11 is 1.30. The summed E-state index contributed by atoms with van der Waals surface area (Å²) in [4.78, 5) is 29.4. The Hall–Kier alpha value is -2.25. The number of carbonyl (C=O) groups excluding carboxylic acids is 2. The SMILES string of the molecule is CCOC(=O)Cc1sc(NC(=O)C2CCCO2)nc1-c1ccccc1. The maximum absolute atomic E-state index is 12.2. The van der Waals surface area contributed by atoms with Crippen LogP contribution >= 0.6 is 11.3 Å². The van der Waals surface area contributed by atoms with Crippen molar-refractivity contribution >= 4 is 28.3 Å². The number of carbonyl (C=O) groups is 2. The average molecular weight is 360 g/mol. The van der Waals surface area contributed by atoms with Crippen LogP contribution in [0.1, 0.15) is 24.6 Å². The highest BCUT2D eigenvalue weighted by atomic mass is 32.1. The zero-order valence-corrected chi connectivity index (χ0v) is 14.8. The van der Waals surface area contributed by atoms with Gasteiger partial charge in [-0.15, -0.1) is 11.3 Å². The maximum Gasteiger partial charge on any atom is 0.311 e. The van der Waals surface area contributed by atoms with Crippen molar-refractivity contribution in [2.75, 3.05) is 18.5 Å². The number of ether oxygens (including phenoxy) is 2. The monoisotopic (exact) mass is 360 g/mol. The lowest BCUT2D eigenvalue weighted by Crippen LogP contribution is -2.26. The van der Waals surface area contributed by atoms with Crippen LogP contribution in [-0.4, -0.2) is 36.2 Å². The molecule has 1 aromatic carbocycles. The summed E-state index contributed by atoms with van der Waals surface area (Å²) < 4.78 is 10.4. The van der Waals surface area contributed by atoms with Gasteiger partial charge in [0.05, 0.1) is 18.7 Å². The fraction of sp³-hybridized carbons (Fsp3) is 0.389. The van der Waals surface area contributed by atoms with Crippen molar-refractivity contribution in [3.63, 3.8) is 0 Å². The van der Waals surface area contributed by atoms with E-state index in [0.29, 0.717) is 24.0 Å². The van der Waals surface area contributed by atoms with Crippen LogP contribution in [-0.2, 0) is 25.5 Å². The predicted molar refractivity (Wildman–Crippen MR) is 95.5 cm³/mol. The number of amides is 1. The van der Waals surface area contributed by atoms with Gasteiger partial charge in [0.2, 0.25) is 0 Å². The van der Waals surface area contributed by atoms with E-state index in [2.05, 4.69) is 10.3 Å². The highest BCUT2D eigenvalue weighted by molar-refractivity contribution is 7.16. The van der Waals surface area contributed by atoms with Crippen LogP contribution in [0.5, 0.6) is 0 Å². The summed E-state index contributed by atoms with van der Waals surface area (Å²) in [5.41, 5.74) is 1.59. The summed E-state index contributed by atoms with van der Waals surface area (Å²) in [5.74, 6) is -0.492. The molecule has 1 unspecified atom stereocenters. The van der Waals surface area contributed by atoms with E-state index in [1.165, 1.54) is 11.3 Å². The average Bonchev–Trinajstić information content (AvgIpc) is 3.26. The van der Waals surface area contributed by atoms with Gasteiger partial charge in [-0.3, -0.25) is 14.9 Å². The van der Waals surface area contributed by atoms with Crippen molar-refractivity contribution in [2.24, 2.45) is 0 Å². The quantitative estimate of drug-likeness (QED) is 0.801. The smallest absolute Gasteiger partial charge is 0.311 e. The molecule has 0 radical (unpaired) electrons. The largest absolute Gasteiger partial charge is 0.466 e. The Kier molecular flexibility index (Phi) is 5.78. The standard InChI is InChI=1S/C18H20N2O4S/c1-2-23-15(21)11-14-16(12-7-4-3-5-8-12)19-18(25-14)20-17(22)13-9-6-10-24-13/h3-5,7-8,13H,2,6,9-11H2,1H3,(H,19,20,22). The Morgan fingerprint density at radius 1 is 1.36 bits per heavy atom. The molecule has 1 amide bonds. The van der Waals surface area contributed by atoms with Crippen LogP contribution in [0.25, 0.3) is 11.3 Å². The number of rotatable bonds is 6. The lowest BCUT2D eigenvalue weighted by Gasteiger charge is -2.07. The Balaban J connectivity index is 1.83. The van der Waals surface area contributed by atoms with E-state index in [0.717, 1.165) is 23.3 Å². The van der Waals surface area contributed by atoms with E-state index < -0.39 is 6.10 Å². The van der Waals surface area contributed by atoms with Crippen LogP contribution in [0.4, 0.5) is 5.13 Å². The molecule has 2 heterocycles. The Labute approximate surface area is 150 Å². The number of aromatic nitrogens is 1. The van der Waals surface area contributed by atoms with Gasteiger partial charge in [0.25, 0.3) is 5.91 Å². The molecule has 1 atom stereocenters. The number of esters is 1. The second-order valence-corrected chi connectivity index (χ2v) is 6.71. The number of nitrogens with one attached hydrogen (secondary N) is 1. The molecule has 2 aromatic rings. The lowest BCUT2D eigenvalue weighted by molar-refractivity contribution is -0.142. The molecule has 25 heavy (non-hydrogen) atoms. The number of thiazole rings is 1. The Bertz CT molecular complexity index is 739. The molecule has 0 spiro atoms. The molecular weight excluding hydrogens is 340 g/mol. The third kappa shape index (κ3) is 4.43. The molecule has 1 aromatic heterocycles. The lowest BCUT2D eigenvalue weighted by atomic mass is 10.1. The van der Waals surface area contributed by atoms with Gasteiger partial charge in [-0.1, -0.05) is 30.3 Å². The van der Waals surface area contributed by atoms with Gasteiger partial charge in [0.15, 0.2) is 5.13 Å². The first kappa shape index (κ1) is 17.6. The molecule has 3 rings (SSSR count). The van der Waals surface area contributed by atoms with E-state index in [-0.39, 0.29) is 18.3 Å². The Morgan fingerprint density at radius 2 is 2.16 bits per heavy atom. The third-order valence-electron chi connectivity index (χ3n) is 3.81. The van der Waals surface area contributed by atoms with E-state index in [4.69, 9.17) is 9.47 Å². The molecule has 132 valence electrons. The van der Waals surface area contributed by atoms with Gasteiger partial charge in [0.1, 0.15) is 6.10 Å². The predicted octanol–water partition coefficient (Wildman–Crippen LogP) is 3.03. The number of hydrogen-bond acceptors (Lipinski definition) is 6. The first-order valence-corrected chi connectivity index (χ1v) is 9.12. The highest BCUT2D eigenvalue weighted by Crippen LogP contribution is 2.32. The van der Waals surface area contributed by atoms with Gasteiger partial charge in [-0.05, 0) is 19.8 Å². The van der Waals surface area contributed by atoms with Gasteiger partial charge < -0.3 is 9.47 Å². The summed E-state index contributed by atoms with van der Waals surface area (Å²) in [6.45, 7) is 2.72. The Morgan fingerprint density at radius 3 is 2.84 bits per heavy atom. The molecule has 1 saturated heterocycles. The molecule has 1 fully saturated rings. The van der Waals surface area contributed by atoms with E-state index in [1.54, 1.807) is 6.92 Å². The second kappa shape index (κ2) is 8.22. The van der Waals surface area contributed by atoms with E-state index in [9.17, 15) is 9.59 Å². The van der Waals surface area contributed by atoms with Crippen molar-refractivity contribution in [1.82, 2.24) is 4.98 Å². The number of nitrogens with zero attached hydrogens (tertiary/aromatic N) is 1. The fourth-order valence-corrected chi connectivity index (χ4v) is 3.63. The zero-order chi connectivity index (χ0) is 17.6. The van der Waals surface area contributed by atoms with Crippen LogP contribution in [0.3, 0.4) is 0 Å². The van der Waals surface area contributed by atoms with Crippen LogP contribution < -0.4 is 5.32 Å². The van der Waals surface area contributed by atoms with E-state index >= 15 is 0 Å². The van der Waals surface area contributed by atoms with Gasteiger partial charge in [-0.25, -0.2) is 4.98 Å². The summed E-state index contributed by atoms with van der Waals surface area (Å²) in [6.07, 6.45) is 1.32. The molecule has 0 bridgehead atoms. The van der Waals surface area contributed by atoms with Crippen molar-refractivity contribution in [3.8, 4) is 11.3 Å². The van der Waals surface area contributed by atoms with Crippen LogP contribution in [0.15, 0.2) is 30.3 Å². The van der Waals surface area contributed by atoms with Gasteiger partial charge in [0, 0.05) is 17.0 Å². The minimum absolute atomic E-state index is 0.130. The minimum atomic E-state index is -0.419. The van der Waals surface area contributed by atoms with Crippen molar-refractivity contribution in [1.29, 1.82) is 0 Å². The molecule has 7 heteroatoms. The first-order chi connectivity index (χ1) is 12.2.